The lowest BCUT2D eigenvalue weighted by atomic mass is 9.93. The van der Waals surface area contributed by atoms with Crippen LogP contribution in [0, 0.1) is 0 Å². The molecule has 0 spiro atoms. The Morgan fingerprint density at radius 2 is 1.92 bits per heavy atom. The van der Waals surface area contributed by atoms with Crippen LogP contribution in [0.25, 0.3) is 0 Å². The highest BCUT2D eigenvalue weighted by Gasteiger charge is 2.26. The number of hydrogen-bond acceptors (Lipinski definition) is 4. The quantitative estimate of drug-likeness (QED) is 0.850. The number of hydrogen-bond donors (Lipinski definition) is 0. The summed E-state index contributed by atoms with van der Waals surface area (Å²) >= 11 is 0. The Kier molecular flexibility index (Phi) is 5.77. The van der Waals surface area contributed by atoms with E-state index in [9.17, 15) is 9.59 Å². The van der Waals surface area contributed by atoms with E-state index in [2.05, 4.69) is 9.97 Å². The smallest absolute Gasteiger partial charge is 0.242 e. The van der Waals surface area contributed by atoms with E-state index in [1.807, 2.05) is 11.0 Å². The molecule has 130 valence electrons. The summed E-state index contributed by atoms with van der Waals surface area (Å²) in [5, 5.41) is 0. The molecule has 0 aliphatic carbocycles. The normalized spacial score (nSPS) is 20.6. The Balaban J connectivity index is 1.50. The van der Waals surface area contributed by atoms with Crippen LogP contribution >= 0.6 is 0 Å². The van der Waals surface area contributed by atoms with Gasteiger partial charge in [0.15, 0.2) is 0 Å². The molecule has 0 unspecified atom stereocenters. The molecule has 6 heteroatoms. The molecule has 2 fully saturated rings. The Morgan fingerprint density at radius 1 is 1.12 bits per heavy atom. The molecule has 24 heavy (non-hydrogen) atoms. The van der Waals surface area contributed by atoms with Crippen molar-refractivity contribution in [3.63, 3.8) is 0 Å². The summed E-state index contributed by atoms with van der Waals surface area (Å²) in [5.41, 5.74) is 1.07. The van der Waals surface area contributed by atoms with Gasteiger partial charge in [0.2, 0.25) is 11.8 Å². The van der Waals surface area contributed by atoms with Gasteiger partial charge in [-0.05, 0) is 31.7 Å². The van der Waals surface area contributed by atoms with Crippen molar-refractivity contribution in [2.75, 3.05) is 26.2 Å². The Morgan fingerprint density at radius 3 is 2.67 bits per heavy atom. The maximum atomic E-state index is 12.6. The predicted octanol–water partition coefficient (Wildman–Crippen LogP) is 1.98. The van der Waals surface area contributed by atoms with Crippen LogP contribution in [0.1, 0.15) is 56.6 Å². The Hall–Kier alpha value is -1.98. The van der Waals surface area contributed by atoms with Crippen molar-refractivity contribution >= 4 is 11.8 Å². The molecule has 0 radical (unpaired) electrons. The number of amides is 2. The first-order chi connectivity index (χ1) is 11.7. The molecule has 0 bridgehead atoms. The maximum Gasteiger partial charge on any atom is 0.242 e. The minimum atomic E-state index is 0.0880. The van der Waals surface area contributed by atoms with Gasteiger partial charge in [-0.1, -0.05) is 12.8 Å². The summed E-state index contributed by atoms with van der Waals surface area (Å²) < 4.78 is 0. The van der Waals surface area contributed by atoms with Crippen molar-refractivity contribution < 1.29 is 9.59 Å². The number of nitrogens with zero attached hydrogens (tertiary/aromatic N) is 4. The van der Waals surface area contributed by atoms with Gasteiger partial charge in [0, 0.05) is 43.9 Å². The molecular weight excluding hydrogens is 304 g/mol. The minimum absolute atomic E-state index is 0.0880. The highest BCUT2D eigenvalue weighted by Crippen LogP contribution is 2.26. The summed E-state index contributed by atoms with van der Waals surface area (Å²) in [6.45, 7) is 2.46. The highest BCUT2D eigenvalue weighted by atomic mass is 16.2. The third kappa shape index (κ3) is 4.30. The van der Waals surface area contributed by atoms with Crippen molar-refractivity contribution in [3.05, 3.63) is 24.3 Å². The van der Waals surface area contributed by atoms with Gasteiger partial charge < -0.3 is 9.80 Å². The molecule has 2 aliphatic rings. The summed E-state index contributed by atoms with van der Waals surface area (Å²) in [6, 6.07) is 1.96. The van der Waals surface area contributed by atoms with Crippen molar-refractivity contribution in [1.82, 2.24) is 19.8 Å². The summed E-state index contributed by atoms with van der Waals surface area (Å²) in [6.07, 6.45) is 10.0. The van der Waals surface area contributed by atoms with E-state index in [4.69, 9.17) is 0 Å². The Bertz CT molecular complexity index is 555. The van der Waals surface area contributed by atoms with Gasteiger partial charge in [0.25, 0.3) is 0 Å². The number of likely N-dealkylation sites (tertiary alicyclic amines) is 2. The van der Waals surface area contributed by atoms with Crippen LogP contribution in [0.3, 0.4) is 0 Å². The van der Waals surface area contributed by atoms with Crippen molar-refractivity contribution in [2.24, 2.45) is 0 Å². The lowest BCUT2D eigenvalue weighted by molar-refractivity contribution is -0.141. The fraction of sp³-hybridized carbons (Fsp3) is 0.667. The van der Waals surface area contributed by atoms with Crippen molar-refractivity contribution in [3.8, 4) is 0 Å². The molecule has 3 rings (SSSR count). The lowest BCUT2D eigenvalue weighted by Gasteiger charge is -2.33. The number of aromatic nitrogens is 2. The van der Waals surface area contributed by atoms with Crippen LogP contribution in [0.5, 0.6) is 0 Å². The van der Waals surface area contributed by atoms with E-state index in [-0.39, 0.29) is 18.4 Å². The first-order valence-electron chi connectivity index (χ1n) is 9.05. The molecule has 2 saturated heterocycles. The topological polar surface area (TPSA) is 66.4 Å². The monoisotopic (exact) mass is 330 g/mol. The van der Waals surface area contributed by atoms with Crippen LogP contribution < -0.4 is 0 Å². The molecule has 1 aromatic heterocycles. The fourth-order valence-corrected chi connectivity index (χ4v) is 3.61. The minimum Gasteiger partial charge on any atom is -0.341 e. The number of carbonyl (C=O) groups is 2. The largest absolute Gasteiger partial charge is 0.341 e. The lowest BCUT2D eigenvalue weighted by Crippen LogP contribution is -2.46. The van der Waals surface area contributed by atoms with Gasteiger partial charge >= 0.3 is 0 Å². The summed E-state index contributed by atoms with van der Waals surface area (Å²) in [4.78, 5) is 36.7. The zero-order chi connectivity index (χ0) is 16.8. The molecular formula is C18H26N4O2. The van der Waals surface area contributed by atoms with E-state index in [0.29, 0.717) is 12.3 Å². The average Bonchev–Trinajstić information content (AvgIpc) is 2.62. The molecule has 0 N–H and O–H groups in total. The van der Waals surface area contributed by atoms with E-state index < -0.39 is 0 Å². The SMILES string of the molecule is O=C(CN1CCCCCCC1=O)N1CCC(c2ccncn2)CC1. The number of piperidine rings is 1. The Labute approximate surface area is 143 Å². The van der Waals surface area contributed by atoms with E-state index in [1.165, 1.54) is 0 Å². The molecule has 6 nitrogen and oxygen atoms in total. The third-order valence-electron chi connectivity index (χ3n) is 5.12. The second kappa shape index (κ2) is 8.22. The third-order valence-corrected chi connectivity index (χ3v) is 5.12. The molecule has 0 saturated carbocycles. The van der Waals surface area contributed by atoms with Gasteiger partial charge in [0.1, 0.15) is 6.33 Å². The molecule has 1 aromatic rings. The van der Waals surface area contributed by atoms with Gasteiger partial charge in [-0.15, -0.1) is 0 Å². The first kappa shape index (κ1) is 16.9. The molecule has 2 aliphatic heterocycles. The maximum absolute atomic E-state index is 12.6. The fourth-order valence-electron chi connectivity index (χ4n) is 3.61. The first-order valence-corrected chi connectivity index (χ1v) is 9.05. The van der Waals surface area contributed by atoms with E-state index in [1.54, 1.807) is 17.4 Å². The summed E-state index contributed by atoms with van der Waals surface area (Å²) in [5.74, 6) is 0.629. The van der Waals surface area contributed by atoms with Crippen LogP contribution in [-0.4, -0.2) is 57.8 Å². The van der Waals surface area contributed by atoms with Gasteiger partial charge in [-0.3, -0.25) is 9.59 Å². The highest BCUT2D eigenvalue weighted by molar-refractivity contribution is 5.85. The second-order valence-electron chi connectivity index (χ2n) is 6.77. The molecule has 0 aromatic carbocycles. The van der Waals surface area contributed by atoms with Crippen LogP contribution in [0.2, 0.25) is 0 Å². The average molecular weight is 330 g/mol. The number of carbonyl (C=O) groups excluding carboxylic acids is 2. The van der Waals surface area contributed by atoms with Crippen molar-refractivity contribution in [1.29, 1.82) is 0 Å². The van der Waals surface area contributed by atoms with Crippen molar-refractivity contribution in [2.45, 2.75) is 50.9 Å². The zero-order valence-corrected chi connectivity index (χ0v) is 14.2. The molecule has 3 heterocycles. The van der Waals surface area contributed by atoms with Crippen LogP contribution in [0.4, 0.5) is 0 Å². The van der Waals surface area contributed by atoms with E-state index in [0.717, 1.165) is 63.9 Å². The standard InChI is InChI=1S/C18H26N4O2/c23-17-5-3-1-2-4-10-22(17)13-18(24)21-11-7-15(8-12-21)16-6-9-19-14-20-16/h6,9,14-15H,1-5,7-8,10-13H2. The molecule has 2 amide bonds. The van der Waals surface area contributed by atoms with Crippen LogP contribution in [-0.2, 0) is 9.59 Å². The second-order valence-corrected chi connectivity index (χ2v) is 6.77. The predicted molar refractivity (Wildman–Crippen MR) is 90.3 cm³/mol. The summed E-state index contributed by atoms with van der Waals surface area (Å²) in [7, 11) is 0. The van der Waals surface area contributed by atoms with Gasteiger partial charge in [-0.25, -0.2) is 9.97 Å². The van der Waals surface area contributed by atoms with Gasteiger partial charge in [-0.2, -0.15) is 0 Å². The zero-order valence-electron chi connectivity index (χ0n) is 14.2. The van der Waals surface area contributed by atoms with E-state index >= 15 is 0 Å². The van der Waals surface area contributed by atoms with Gasteiger partial charge in [0.05, 0.1) is 6.54 Å². The van der Waals surface area contributed by atoms with Crippen LogP contribution in [0.15, 0.2) is 18.6 Å². The molecule has 0 atom stereocenters. The number of rotatable bonds is 3.